The summed E-state index contributed by atoms with van der Waals surface area (Å²) in [6.07, 6.45) is -0.569. The summed E-state index contributed by atoms with van der Waals surface area (Å²) in [6.45, 7) is 1.80. The number of hydrogen-bond donors (Lipinski definition) is 0. The van der Waals surface area contributed by atoms with Crippen molar-refractivity contribution in [3.63, 3.8) is 0 Å². The van der Waals surface area contributed by atoms with E-state index in [1.54, 1.807) is 6.92 Å². The molecule has 0 spiro atoms. The molecule has 0 bridgehead atoms. The molecule has 6 heteroatoms. The van der Waals surface area contributed by atoms with Crippen molar-refractivity contribution in [3.05, 3.63) is 42.0 Å². The molecule has 1 heterocycles. The van der Waals surface area contributed by atoms with Gasteiger partial charge >= 0.3 is 6.18 Å². The van der Waals surface area contributed by atoms with Crippen molar-refractivity contribution < 1.29 is 22.8 Å². The van der Waals surface area contributed by atoms with Crippen molar-refractivity contribution >= 4 is 17.5 Å². The smallest absolute Gasteiger partial charge is 0.274 e. The largest absolute Gasteiger partial charge is 0.418 e. The SMILES string of the molecule is CC1C=CCC2C(=O)N(c3ccccc3C(F)(F)F)C(=O)C12. The Hall–Kier alpha value is -2.11. The van der Waals surface area contributed by atoms with Crippen LogP contribution in [0.5, 0.6) is 0 Å². The van der Waals surface area contributed by atoms with Gasteiger partial charge in [-0.2, -0.15) is 13.2 Å². The van der Waals surface area contributed by atoms with Gasteiger partial charge in [0.15, 0.2) is 0 Å². The van der Waals surface area contributed by atoms with Gasteiger partial charge in [-0.1, -0.05) is 31.2 Å². The molecule has 1 aliphatic heterocycles. The van der Waals surface area contributed by atoms with E-state index in [2.05, 4.69) is 0 Å². The molecule has 0 radical (unpaired) electrons. The van der Waals surface area contributed by atoms with E-state index in [9.17, 15) is 22.8 Å². The van der Waals surface area contributed by atoms with Gasteiger partial charge in [0.05, 0.1) is 23.1 Å². The van der Waals surface area contributed by atoms with E-state index in [0.29, 0.717) is 6.42 Å². The number of benzene rings is 1. The Kier molecular flexibility index (Phi) is 3.34. The van der Waals surface area contributed by atoms with Gasteiger partial charge in [0.2, 0.25) is 11.8 Å². The summed E-state index contributed by atoms with van der Waals surface area (Å²) >= 11 is 0. The Morgan fingerprint density at radius 3 is 2.45 bits per heavy atom. The number of allylic oxidation sites excluding steroid dienone is 2. The van der Waals surface area contributed by atoms with Crippen molar-refractivity contribution in [1.29, 1.82) is 0 Å². The highest BCUT2D eigenvalue weighted by Gasteiger charge is 2.52. The standard InChI is InChI=1S/C16H14F3NO2/c1-9-5-4-6-10-13(9)15(22)20(14(10)21)12-8-3-2-7-11(12)16(17,18)19/h2-5,7-10,13H,6H2,1H3. The summed E-state index contributed by atoms with van der Waals surface area (Å²) in [5.41, 5.74) is -1.33. The van der Waals surface area contributed by atoms with Crippen LogP contribution >= 0.6 is 0 Å². The Morgan fingerprint density at radius 2 is 1.82 bits per heavy atom. The molecule has 3 nitrogen and oxygen atoms in total. The van der Waals surface area contributed by atoms with E-state index in [4.69, 9.17) is 0 Å². The molecule has 3 unspecified atom stereocenters. The van der Waals surface area contributed by atoms with Crippen LogP contribution in [-0.2, 0) is 15.8 Å². The van der Waals surface area contributed by atoms with E-state index in [-0.39, 0.29) is 11.6 Å². The third kappa shape index (κ3) is 2.14. The molecular formula is C16H14F3NO2. The van der Waals surface area contributed by atoms with Gasteiger partial charge in [-0.15, -0.1) is 0 Å². The van der Waals surface area contributed by atoms with Gasteiger partial charge in [0, 0.05) is 0 Å². The number of anilines is 1. The lowest BCUT2D eigenvalue weighted by Gasteiger charge is -2.22. The van der Waals surface area contributed by atoms with Crippen LogP contribution in [0.2, 0.25) is 0 Å². The van der Waals surface area contributed by atoms with Gasteiger partial charge in [0.25, 0.3) is 0 Å². The fraction of sp³-hybridized carbons (Fsp3) is 0.375. The average Bonchev–Trinajstić information content (AvgIpc) is 2.71. The second kappa shape index (κ2) is 4.97. The minimum absolute atomic E-state index is 0.154. The lowest BCUT2D eigenvalue weighted by molar-refractivity contribution is -0.137. The summed E-state index contributed by atoms with van der Waals surface area (Å²) in [5.74, 6) is -2.36. The predicted octanol–water partition coefficient (Wildman–Crippen LogP) is 3.41. The number of rotatable bonds is 1. The molecule has 0 aromatic heterocycles. The summed E-state index contributed by atoms with van der Waals surface area (Å²) in [7, 11) is 0. The number of hydrogen-bond acceptors (Lipinski definition) is 2. The number of fused-ring (bicyclic) bond motifs is 1. The quantitative estimate of drug-likeness (QED) is 0.589. The topological polar surface area (TPSA) is 37.4 Å². The van der Waals surface area contributed by atoms with E-state index in [1.165, 1.54) is 18.2 Å². The first kappa shape index (κ1) is 14.8. The van der Waals surface area contributed by atoms with Gasteiger partial charge < -0.3 is 0 Å². The zero-order valence-corrected chi connectivity index (χ0v) is 11.8. The lowest BCUT2D eigenvalue weighted by Crippen LogP contribution is -2.33. The van der Waals surface area contributed by atoms with Crippen LogP contribution in [-0.4, -0.2) is 11.8 Å². The Balaban J connectivity index is 2.08. The predicted molar refractivity (Wildman–Crippen MR) is 73.8 cm³/mol. The average molecular weight is 309 g/mol. The second-order valence-corrected chi connectivity index (χ2v) is 5.68. The third-order valence-electron chi connectivity index (χ3n) is 4.32. The number of carbonyl (C=O) groups is 2. The van der Waals surface area contributed by atoms with Crippen molar-refractivity contribution in [1.82, 2.24) is 0 Å². The fourth-order valence-corrected chi connectivity index (χ4v) is 3.29. The van der Waals surface area contributed by atoms with E-state index in [0.717, 1.165) is 11.0 Å². The van der Waals surface area contributed by atoms with Crippen LogP contribution < -0.4 is 4.90 Å². The fourth-order valence-electron chi connectivity index (χ4n) is 3.29. The van der Waals surface area contributed by atoms with Gasteiger partial charge in [-0.3, -0.25) is 9.59 Å². The van der Waals surface area contributed by atoms with Gasteiger partial charge in [-0.05, 0) is 24.5 Å². The number of nitrogens with zero attached hydrogens (tertiary/aromatic N) is 1. The molecule has 22 heavy (non-hydrogen) atoms. The normalized spacial score (nSPS) is 28.2. The minimum atomic E-state index is -4.62. The Morgan fingerprint density at radius 1 is 1.14 bits per heavy atom. The highest BCUT2D eigenvalue weighted by molar-refractivity contribution is 6.22. The van der Waals surface area contributed by atoms with Crippen molar-refractivity contribution in [2.75, 3.05) is 4.90 Å². The summed E-state index contributed by atoms with van der Waals surface area (Å²) in [6, 6.07) is 4.71. The van der Waals surface area contributed by atoms with Crippen LogP contribution in [0.3, 0.4) is 0 Å². The Bertz CT molecular complexity index is 666. The summed E-state index contributed by atoms with van der Waals surface area (Å²) < 4.78 is 39.4. The molecule has 1 aromatic carbocycles. The summed E-state index contributed by atoms with van der Waals surface area (Å²) in [5, 5.41) is 0. The molecule has 1 aromatic rings. The van der Waals surface area contributed by atoms with Crippen LogP contribution in [0.4, 0.5) is 18.9 Å². The molecule has 3 rings (SSSR count). The second-order valence-electron chi connectivity index (χ2n) is 5.68. The van der Waals surface area contributed by atoms with E-state index < -0.39 is 35.4 Å². The first-order valence-corrected chi connectivity index (χ1v) is 7.03. The van der Waals surface area contributed by atoms with Gasteiger partial charge in [0.1, 0.15) is 0 Å². The number of carbonyl (C=O) groups excluding carboxylic acids is 2. The molecule has 2 aliphatic rings. The van der Waals surface area contributed by atoms with Gasteiger partial charge in [-0.25, -0.2) is 4.90 Å². The van der Waals surface area contributed by atoms with E-state index >= 15 is 0 Å². The molecule has 1 saturated heterocycles. The maximum Gasteiger partial charge on any atom is 0.418 e. The number of alkyl halides is 3. The van der Waals surface area contributed by atoms with Crippen LogP contribution in [0, 0.1) is 17.8 Å². The first-order chi connectivity index (χ1) is 10.3. The van der Waals surface area contributed by atoms with E-state index in [1.807, 2.05) is 12.2 Å². The number of imide groups is 1. The highest BCUT2D eigenvalue weighted by Crippen LogP contribution is 2.44. The molecule has 116 valence electrons. The zero-order valence-electron chi connectivity index (χ0n) is 11.8. The molecule has 2 amide bonds. The van der Waals surface area contributed by atoms with Crippen LogP contribution in [0.25, 0.3) is 0 Å². The van der Waals surface area contributed by atoms with Crippen molar-refractivity contribution in [2.45, 2.75) is 19.5 Å². The first-order valence-electron chi connectivity index (χ1n) is 7.03. The monoisotopic (exact) mass is 309 g/mol. The van der Waals surface area contributed by atoms with Crippen molar-refractivity contribution in [3.8, 4) is 0 Å². The molecule has 0 N–H and O–H groups in total. The Labute approximate surface area is 125 Å². The lowest BCUT2D eigenvalue weighted by atomic mass is 9.78. The summed E-state index contributed by atoms with van der Waals surface area (Å²) in [4.78, 5) is 25.7. The minimum Gasteiger partial charge on any atom is -0.274 e. The maximum absolute atomic E-state index is 13.1. The van der Waals surface area contributed by atoms with Crippen molar-refractivity contribution in [2.24, 2.45) is 17.8 Å². The zero-order chi connectivity index (χ0) is 16.1. The number of para-hydroxylation sites is 1. The third-order valence-corrected chi connectivity index (χ3v) is 4.32. The highest BCUT2D eigenvalue weighted by atomic mass is 19.4. The van der Waals surface area contributed by atoms with Crippen LogP contribution in [0.1, 0.15) is 18.9 Å². The maximum atomic E-state index is 13.1. The molecule has 1 fully saturated rings. The molecule has 0 saturated carbocycles. The number of halogens is 3. The number of amides is 2. The molecule has 1 aliphatic carbocycles. The van der Waals surface area contributed by atoms with Crippen LogP contribution in [0.15, 0.2) is 36.4 Å². The molecule has 3 atom stereocenters. The molecular weight excluding hydrogens is 295 g/mol.